The van der Waals surface area contributed by atoms with Crippen LogP contribution in [0.25, 0.3) is 0 Å². The lowest BCUT2D eigenvalue weighted by Gasteiger charge is -2.10. The Kier molecular flexibility index (Phi) is 3.62. The zero-order chi connectivity index (χ0) is 13.0. The maximum atomic E-state index is 5.90. The maximum Gasteiger partial charge on any atom is 0.242 e. The fourth-order valence-corrected chi connectivity index (χ4v) is 1.65. The third kappa shape index (κ3) is 2.51. The summed E-state index contributed by atoms with van der Waals surface area (Å²) in [6.07, 6.45) is 2.40. The zero-order valence-electron chi connectivity index (χ0n) is 10.5. The largest absolute Gasteiger partial charge is 0.479 e. The van der Waals surface area contributed by atoms with Gasteiger partial charge in [-0.25, -0.2) is 4.98 Å². The summed E-state index contributed by atoms with van der Waals surface area (Å²) in [5, 5.41) is 3.17. The van der Waals surface area contributed by atoms with E-state index in [-0.39, 0.29) is 0 Å². The van der Waals surface area contributed by atoms with Gasteiger partial charge in [0.05, 0.1) is 7.11 Å². The number of nitrogens with one attached hydrogen (secondary N) is 1. The number of rotatable bonds is 4. The summed E-state index contributed by atoms with van der Waals surface area (Å²) in [6, 6.07) is 8.10. The number of nitrogen functional groups attached to an aromatic ring is 1. The summed E-state index contributed by atoms with van der Waals surface area (Å²) in [5.41, 5.74) is 8.50. The normalized spacial score (nSPS) is 10.1. The van der Waals surface area contributed by atoms with Crippen molar-refractivity contribution in [2.75, 3.05) is 18.2 Å². The molecule has 1 aromatic carbocycles. The van der Waals surface area contributed by atoms with Crippen LogP contribution in [0.4, 0.5) is 17.2 Å². The second-order valence-electron chi connectivity index (χ2n) is 3.82. The molecule has 0 atom stereocenters. The molecule has 0 spiro atoms. The summed E-state index contributed by atoms with van der Waals surface area (Å²) in [7, 11) is 1.53. The van der Waals surface area contributed by atoms with E-state index in [1.54, 1.807) is 0 Å². The lowest BCUT2D eigenvalue weighted by atomic mass is 10.1. The molecule has 0 unspecified atom stereocenters. The second-order valence-corrected chi connectivity index (χ2v) is 3.82. The molecule has 2 rings (SSSR count). The lowest BCUT2D eigenvalue weighted by Crippen LogP contribution is -2.03. The lowest BCUT2D eigenvalue weighted by molar-refractivity contribution is 0.399. The van der Waals surface area contributed by atoms with Gasteiger partial charge in [0.15, 0.2) is 5.82 Å². The first-order valence-corrected chi connectivity index (χ1v) is 5.75. The molecule has 3 N–H and O–H groups in total. The first kappa shape index (κ1) is 12.2. The minimum atomic E-state index is 0.374. The number of nitrogens with zero attached hydrogens (tertiary/aromatic N) is 2. The van der Waals surface area contributed by atoms with E-state index < -0.39 is 0 Å². The van der Waals surface area contributed by atoms with Crippen molar-refractivity contribution in [1.29, 1.82) is 0 Å². The van der Waals surface area contributed by atoms with Crippen molar-refractivity contribution in [1.82, 2.24) is 9.97 Å². The summed E-state index contributed by atoms with van der Waals surface area (Å²) in [6.45, 7) is 2.11. The number of nitrogens with two attached hydrogens (primary N) is 1. The molecular weight excluding hydrogens is 228 g/mol. The Morgan fingerprint density at radius 3 is 2.89 bits per heavy atom. The molecule has 0 aliphatic carbocycles. The van der Waals surface area contributed by atoms with Gasteiger partial charge < -0.3 is 15.8 Å². The van der Waals surface area contributed by atoms with Crippen molar-refractivity contribution in [2.24, 2.45) is 0 Å². The highest BCUT2D eigenvalue weighted by atomic mass is 16.5. The third-order valence-electron chi connectivity index (χ3n) is 2.64. The van der Waals surface area contributed by atoms with E-state index in [1.807, 2.05) is 12.1 Å². The highest BCUT2D eigenvalue weighted by Crippen LogP contribution is 2.27. The molecule has 94 valence electrons. The molecule has 2 aromatic rings. The molecule has 1 heterocycles. The monoisotopic (exact) mass is 244 g/mol. The van der Waals surface area contributed by atoms with E-state index in [1.165, 1.54) is 19.0 Å². The summed E-state index contributed by atoms with van der Waals surface area (Å²) >= 11 is 0. The van der Waals surface area contributed by atoms with Gasteiger partial charge in [-0.3, -0.25) is 0 Å². The van der Waals surface area contributed by atoms with Crippen molar-refractivity contribution < 1.29 is 4.74 Å². The molecule has 0 radical (unpaired) electrons. The van der Waals surface area contributed by atoms with Gasteiger partial charge in [-0.05, 0) is 24.1 Å². The number of benzene rings is 1. The van der Waals surface area contributed by atoms with Gasteiger partial charge in [-0.15, -0.1) is 0 Å². The van der Waals surface area contributed by atoms with Crippen LogP contribution >= 0.6 is 0 Å². The Labute approximate surface area is 106 Å². The van der Waals surface area contributed by atoms with E-state index in [9.17, 15) is 0 Å². The quantitative estimate of drug-likeness (QED) is 0.863. The number of aryl methyl sites for hydroxylation is 1. The van der Waals surface area contributed by atoms with Crippen LogP contribution in [0.2, 0.25) is 0 Å². The molecule has 0 saturated carbocycles. The maximum absolute atomic E-state index is 5.90. The summed E-state index contributed by atoms with van der Waals surface area (Å²) in [5.74, 6) is 0.925. The smallest absolute Gasteiger partial charge is 0.242 e. The number of ether oxygens (including phenoxy) is 1. The Hall–Kier alpha value is -2.30. The minimum absolute atomic E-state index is 0.374. The van der Waals surface area contributed by atoms with Gasteiger partial charge in [-0.1, -0.05) is 19.1 Å². The average molecular weight is 244 g/mol. The van der Waals surface area contributed by atoms with Crippen LogP contribution in [0.1, 0.15) is 12.5 Å². The van der Waals surface area contributed by atoms with E-state index in [4.69, 9.17) is 10.5 Å². The standard InChI is InChI=1S/C13H16N4O/c1-3-9-5-4-6-10(7-9)17-12-11(14)13(18-2)16-8-15-12/h4-8H,3,14H2,1-2H3,(H,15,16,17). The van der Waals surface area contributed by atoms with Gasteiger partial charge in [0, 0.05) is 5.69 Å². The molecule has 5 nitrogen and oxygen atoms in total. The van der Waals surface area contributed by atoms with E-state index >= 15 is 0 Å². The molecule has 18 heavy (non-hydrogen) atoms. The van der Waals surface area contributed by atoms with Crippen molar-refractivity contribution in [3.8, 4) is 5.88 Å². The predicted octanol–water partition coefficient (Wildman–Crippen LogP) is 2.37. The highest BCUT2D eigenvalue weighted by Gasteiger charge is 2.08. The van der Waals surface area contributed by atoms with Gasteiger partial charge in [0.25, 0.3) is 0 Å². The fraction of sp³-hybridized carbons (Fsp3) is 0.231. The molecule has 0 saturated heterocycles. The molecule has 1 aromatic heterocycles. The molecule has 0 aliphatic rings. The highest BCUT2D eigenvalue weighted by molar-refractivity contribution is 5.72. The van der Waals surface area contributed by atoms with Crippen LogP contribution in [0.15, 0.2) is 30.6 Å². The molecular formula is C13H16N4O. The van der Waals surface area contributed by atoms with Crippen LogP contribution in [-0.2, 0) is 6.42 Å². The van der Waals surface area contributed by atoms with Crippen molar-refractivity contribution >= 4 is 17.2 Å². The van der Waals surface area contributed by atoms with Crippen LogP contribution in [-0.4, -0.2) is 17.1 Å². The summed E-state index contributed by atoms with van der Waals surface area (Å²) < 4.78 is 5.05. The Morgan fingerprint density at radius 1 is 1.33 bits per heavy atom. The first-order chi connectivity index (χ1) is 8.74. The molecule has 0 amide bonds. The number of aromatic nitrogens is 2. The molecule has 5 heteroatoms. The minimum Gasteiger partial charge on any atom is -0.479 e. The fourth-order valence-electron chi connectivity index (χ4n) is 1.65. The van der Waals surface area contributed by atoms with Crippen LogP contribution in [0, 0.1) is 0 Å². The van der Waals surface area contributed by atoms with Crippen LogP contribution in [0.3, 0.4) is 0 Å². The van der Waals surface area contributed by atoms with Gasteiger partial charge in [0.1, 0.15) is 12.0 Å². The summed E-state index contributed by atoms with van der Waals surface area (Å²) in [4.78, 5) is 8.04. The van der Waals surface area contributed by atoms with Crippen molar-refractivity contribution in [3.05, 3.63) is 36.2 Å². The van der Waals surface area contributed by atoms with Gasteiger partial charge >= 0.3 is 0 Å². The van der Waals surface area contributed by atoms with Gasteiger partial charge in [-0.2, -0.15) is 4.98 Å². The molecule has 0 aliphatic heterocycles. The number of methoxy groups -OCH3 is 1. The Bertz CT molecular complexity index is 542. The third-order valence-corrected chi connectivity index (χ3v) is 2.64. The number of hydrogen-bond acceptors (Lipinski definition) is 5. The molecule has 0 bridgehead atoms. The zero-order valence-corrected chi connectivity index (χ0v) is 10.5. The Balaban J connectivity index is 2.28. The Morgan fingerprint density at radius 2 is 2.17 bits per heavy atom. The average Bonchev–Trinajstić information content (AvgIpc) is 2.41. The van der Waals surface area contributed by atoms with Crippen LogP contribution < -0.4 is 15.8 Å². The van der Waals surface area contributed by atoms with E-state index in [0.717, 1.165) is 12.1 Å². The first-order valence-electron chi connectivity index (χ1n) is 5.75. The second kappa shape index (κ2) is 5.35. The van der Waals surface area contributed by atoms with E-state index in [0.29, 0.717) is 17.4 Å². The topological polar surface area (TPSA) is 73.1 Å². The predicted molar refractivity (Wildman–Crippen MR) is 72.1 cm³/mol. The van der Waals surface area contributed by atoms with Crippen LogP contribution in [0.5, 0.6) is 5.88 Å². The number of hydrogen-bond donors (Lipinski definition) is 2. The SMILES string of the molecule is CCc1cccc(Nc2ncnc(OC)c2N)c1. The van der Waals surface area contributed by atoms with Crippen molar-refractivity contribution in [3.63, 3.8) is 0 Å². The number of anilines is 3. The van der Waals surface area contributed by atoms with E-state index in [2.05, 4.69) is 34.3 Å². The van der Waals surface area contributed by atoms with Crippen molar-refractivity contribution in [2.45, 2.75) is 13.3 Å². The molecule has 0 fully saturated rings. The van der Waals surface area contributed by atoms with Gasteiger partial charge in [0.2, 0.25) is 5.88 Å².